The summed E-state index contributed by atoms with van der Waals surface area (Å²) in [6.45, 7) is 0.257. The highest BCUT2D eigenvalue weighted by Crippen LogP contribution is 2.17. The molecule has 4 heteroatoms. The van der Waals surface area contributed by atoms with Crippen molar-refractivity contribution in [2.75, 3.05) is 7.11 Å². The van der Waals surface area contributed by atoms with Crippen molar-refractivity contribution in [2.45, 2.75) is 6.61 Å². The summed E-state index contributed by atoms with van der Waals surface area (Å²) in [4.78, 5) is 12.5. The van der Waals surface area contributed by atoms with Gasteiger partial charge in [0.15, 0.2) is 0 Å². The lowest BCUT2D eigenvalue weighted by Gasteiger charge is -2.16. The predicted molar refractivity (Wildman–Crippen MR) is 76.6 cm³/mol. The van der Waals surface area contributed by atoms with Crippen molar-refractivity contribution in [3.05, 3.63) is 59.9 Å². The number of carbonyl (C=O) groups is 1. The van der Waals surface area contributed by atoms with Crippen molar-refractivity contribution in [2.24, 2.45) is 5.92 Å². The number of rotatable bonds is 4. The second-order valence-corrected chi connectivity index (χ2v) is 4.55. The van der Waals surface area contributed by atoms with E-state index < -0.39 is 5.92 Å². The van der Waals surface area contributed by atoms with Gasteiger partial charge in [-0.05, 0) is 17.7 Å². The Morgan fingerprint density at radius 3 is 2.68 bits per heavy atom. The Morgan fingerprint density at radius 1 is 1.32 bits per heavy atom. The first-order chi connectivity index (χ1) is 9.20. The highest BCUT2D eigenvalue weighted by atomic mass is 32.1. The van der Waals surface area contributed by atoms with Crippen molar-refractivity contribution in [1.29, 1.82) is 0 Å². The van der Waals surface area contributed by atoms with E-state index in [0.29, 0.717) is 10.6 Å². The molecule has 0 aliphatic heterocycles. The zero-order chi connectivity index (χ0) is 13.7. The molecule has 98 valence electrons. The molecular weight excluding hydrogens is 260 g/mol. The van der Waals surface area contributed by atoms with Gasteiger partial charge in [0.2, 0.25) is 0 Å². The number of thiocarbonyl (C=S) groups is 1. The van der Waals surface area contributed by atoms with Crippen LogP contribution in [0.3, 0.4) is 0 Å². The zero-order valence-electron chi connectivity index (χ0n) is 10.5. The molecule has 1 unspecified atom stereocenters. The third-order valence-electron chi connectivity index (χ3n) is 2.76. The second kappa shape index (κ2) is 6.29. The molecular formula is C15H14O3S. The van der Waals surface area contributed by atoms with Crippen LogP contribution in [0.2, 0.25) is 0 Å². The fourth-order valence-corrected chi connectivity index (χ4v) is 2.00. The maximum atomic E-state index is 11.9. The van der Waals surface area contributed by atoms with Crippen molar-refractivity contribution in [1.82, 2.24) is 0 Å². The topological polar surface area (TPSA) is 35.5 Å². The Balaban J connectivity index is 1.93. The molecule has 0 spiro atoms. The van der Waals surface area contributed by atoms with E-state index in [4.69, 9.17) is 21.7 Å². The van der Waals surface area contributed by atoms with Crippen molar-refractivity contribution in [3.63, 3.8) is 0 Å². The van der Waals surface area contributed by atoms with E-state index in [1.54, 1.807) is 25.3 Å². The second-order valence-electron chi connectivity index (χ2n) is 4.08. The molecule has 19 heavy (non-hydrogen) atoms. The molecule has 0 aromatic heterocycles. The summed E-state index contributed by atoms with van der Waals surface area (Å²) >= 11 is 5.17. The van der Waals surface area contributed by atoms with Crippen LogP contribution in [0, 0.1) is 5.92 Å². The van der Waals surface area contributed by atoms with Gasteiger partial charge in [0.25, 0.3) is 0 Å². The van der Waals surface area contributed by atoms with Gasteiger partial charge in [0, 0.05) is 4.86 Å². The summed E-state index contributed by atoms with van der Waals surface area (Å²) < 4.78 is 10.3. The Morgan fingerprint density at radius 2 is 2.05 bits per heavy atom. The third-order valence-corrected chi connectivity index (χ3v) is 3.13. The average Bonchev–Trinajstić information content (AvgIpc) is 2.45. The number of allylic oxidation sites excluding steroid dienone is 2. The van der Waals surface area contributed by atoms with Crippen LogP contribution < -0.4 is 0 Å². The molecule has 0 heterocycles. The van der Waals surface area contributed by atoms with Crippen LogP contribution in [0.5, 0.6) is 0 Å². The van der Waals surface area contributed by atoms with Crippen LogP contribution in [-0.4, -0.2) is 17.9 Å². The highest BCUT2D eigenvalue weighted by molar-refractivity contribution is 7.80. The van der Waals surface area contributed by atoms with Gasteiger partial charge in [-0.1, -0.05) is 48.6 Å². The number of benzene rings is 1. The van der Waals surface area contributed by atoms with Crippen LogP contribution in [0.25, 0.3) is 0 Å². The van der Waals surface area contributed by atoms with Gasteiger partial charge in [-0.3, -0.25) is 4.79 Å². The van der Waals surface area contributed by atoms with E-state index in [0.717, 1.165) is 5.56 Å². The Bertz CT molecular complexity index is 532. The van der Waals surface area contributed by atoms with Crippen LogP contribution in [0.15, 0.2) is 54.3 Å². The van der Waals surface area contributed by atoms with Gasteiger partial charge in [0.1, 0.15) is 18.3 Å². The van der Waals surface area contributed by atoms with Gasteiger partial charge < -0.3 is 9.47 Å². The van der Waals surface area contributed by atoms with E-state index in [-0.39, 0.29) is 12.6 Å². The molecule has 3 nitrogen and oxygen atoms in total. The predicted octanol–water partition coefficient (Wildman–Crippen LogP) is 2.82. The first kappa shape index (κ1) is 13.5. The van der Waals surface area contributed by atoms with Crippen LogP contribution in [0.4, 0.5) is 0 Å². The first-order valence-electron chi connectivity index (χ1n) is 5.89. The summed E-state index contributed by atoms with van der Waals surface area (Å²) in [7, 11) is 1.56. The summed E-state index contributed by atoms with van der Waals surface area (Å²) in [6, 6.07) is 9.54. The standard InChI is InChI=1S/C15H14O3S/c1-17-12-7-8-13(14(19)9-12)15(16)18-10-11-5-3-2-4-6-11/h2-9,13H,10H2,1H3. The number of methoxy groups -OCH3 is 1. The SMILES string of the molecule is COC1=CC(=S)C(C(=O)OCc2ccccc2)C=C1. The Labute approximate surface area is 117 Å². The smallest absolute Gasteiger partial charge is 0.318 e. The van der Waals surface area contributed by atoms with Gasteiger partial charge in [-0.25, -0.2) is 0 Å². The molecule has 1 aliphatic rings. The first-order valence-corrected chi connectivity index (χ1v) is 6.30. The van der Waals surface area contributed by atoms with E-state index >= 15 is 0 Å². The maximum absolute atomic E-state index is 11.9. The quantitative estimate of drug-likeness (QED) is 0.625. The molecule has 1 aromatic rings. The molecule has 0 bridgehead atoms. The molecule has 0 saturated heterocycles. The molecule has 0 saturated carbocycles. The minimum atomic E-state index is -0.502. The summed E-state index contributed by atoms with van der Waals surface area (Å²) in [6.07, 6.45) is 5.10. The highest BCUT2D eigenvalue weighted by Gasteiger charge is 2.23. The van der Waals surface area contributed by atoms with Gasteiger partial charge in [-0.15, -0.1) is 0 Å². The lowest BCUT2D eigenvalue weighted by Crippen LogP contribution is -2.24. The molecule has 1 aromatic carbocycles. The Hall–Kier alpha value is -1.94. The molecule has 0 radical (unpaired) electrons. The number of carbonyl (C=O) groups excluding carboxylic acids is 1. The molecule has 1 aliphatic carbocycles. The molecule has 2 rings (SSSR count). The number of hydrogen-bond donors (Lipinski definition) is 0. The molecule has 1 atom stereocenters. The van der Waals surface area contributed by atoms with E-state index in [9.17, 15) is 4.79 Å². The van der Waals surface area contributed by atoms with Crippen molar-refractivity contribution in [3.8, 4) is 0 Å². The monoisotopic (exact) mass is 274 g/mol. The van der Waals surface area contributed by atoms with Crippen LogP contribution >= 0.6 is 12.2 Å². The van der Waals surface area contributed by atoms with Gasteiger partial charge >= 0.3 is 5.97 Å². The summed E-state index contributed by atoms with van der Waals surface area (Å²) in [5, 5.41) is 0. The molecule has 0 N–H and O–H groups in total. The molecule has 0 fully saturated rings. The van der Waals surface area contributed by atoms with Crippen LogP contribution in [0.1, 0.15) is 5.56 Å². The van der Waals surface area contributed by atoms with Crippen molar-refractivity contribution >= 4 is 23.1 Å². The lowest BCUT2D eigenvalue weighted by atomic mass is 10.00. The normalized spacial score (nSPS) is 17.8. The van der Waals surface area contributed by atoms with Gasteiger partial charge in [0.05, 0.1) is 7.11 Å². The van der Waals surface area contributed by atoms with E-state index in [1.165, 1.54) is 0 Å². The van der Waals surface area contributed by atoms with Crippen LogP contribution in [-0.2, 0) is 20.9 Å². The minimum Gasteiger partial charge on any atom is -0.497 e. The summed E-state index contributed by atoms with van der Waals surface area (Å²) in [5.74, 6) is -0.189. The van der Waals surface area contributed by atoms with E-state index in [1.807, 2.05) is 30.3 Å². The van der Waals surface area contributed by atoms with Crippen molar-refractivity contribution < 1.29 is 14.3 Å². The third kappa shape index (κ3) is 3.51. The fraction of sp³-hybridized carbons (Fsp3) is 0.200. The number of hydrogen-bond acceptors (Lipinski definition) is 4. The average molecular weight is 274 g/mol. The maximum Gasteiger partial charge on any atom is 0.318 e. The number of ether oxygens (including phenoxy) is 2. The summed E-state index contributed by atoms with van der Waals surface area (Å²) in [5.41, 5.74) is 0.953. The van der Waals surface area contributed by atoms with Gasteiger partial charge in [-0.2, -0.15) is 0 Å². The Kier molecular flexibility index (Phi) is 4.47. The molecule has 0 amide bonds. The lowest BCUT2D eigenvalue weighted by molar-refractivity contribution is -0.146. The van der Waals surface area contributed by atoms with E-state index in [2.05, 4.69) is 0 Å². The largest absolute Gasteiger partial charge is 0.497 e. The minimum absolute atomic E-state index is 0.257. The fourth-order valence-electron chi connectivity index (χ4n) is 1.70. The number of esters is 1. The zero-order valence-corrected chi connectivity index (χ0v) is 11.4.